The monoisotopic (exact) mass is 351 g/mol. The van der Waals surface area contributed by atoms with Gasteiger partial charge in [0.2, 0.25) is 5.28 Å². The summed E-state index contributed by atoms with van der Waals surface area (Å²) in [4.78, 5) is 22.2. The summed E-state index contributed by atoms with van der Waals surface area (Å²) in [5.74, 6) is 0. The zero-order valence-corrected chi connectivity index (χ0v) is 14.4. The minimum Gasteiger partial charge on any atom is -0.450 e. The van der Waals surface area contributed by atoms with Gasteiger partial charge in [0.05, 0.1) is 12.1 Å². The number of ether oxygens (including phenoxy) is 1. The number of hydrogen-bond acceptors (Lipinski definition) is 5. The van der Waals surface area contributed by atoms with Crippen molar-refractivity contribution in [3.05, 3.63) is 29.5 Å². The molecule has 23 heavy (non-hydrogen) atoms. The van der Waals surface area contributed by atoms with Crippen molar-refractivity contribution in [3.8, 4) is 0 Å². The number of para-hydroxylation sites is 1. The van der Waals surface area contributed by atoms with Crippen molar-refractivity contribution >= 4 is 40.4 Å². The Morgan fingerprint density at radius 2 is 2.09 bits per heavy atom. The van der Waals surface area contributed by atoms with Gasteiger partial charge in [-0.2, -0.15) is 0 Å². The third-order valence-electron chi connectivity index (χ3n) is 3.79. The Kier molecular flexibility index (Phi) is 5.23. The first-order chi connectivity index (χ1) is 11.2. The Bertz CT molecular complexity index is 705. The van der Waals surface area contributed by atoms with Crippen LogP contribution in [0.2, 0.25) is 5.28 Å². The molecule has 0 radical (unpaired) electrons. The van der Waals surface area contributed by atoms with Gasteiger partial charge >= 0.3 is 6.09 Å². The Hall–Kier alpha value is -1.53. The van der Waals surface area contributed by atoms with Crippen molar-refractivity contribution in [1.29, 1.82) is 0 Å². The van der Waals surface area contributed by atoms with E-state index in [-0.39, 0.29) is 11.4 Å². The van der Waals surface area contributed by atoms with Gasteiger partial charge in [-0.05, 0) is 37.4 Å². The maximum atomic E-state index is 11.7. The van der Waals surface area contributed by atoms with Crippen LogP contribution in [0, 0.1) is 0 Å². The fourth-order valence-electron chi connectivity index (χ4n) is 2.64. The lowest BCUT2D eigenvalue weighted by atomic mass is 10.1. The molecule has 0 N–H and O–H groups in total. The number of amides is 1. The van der Waals surface area contributed by atoms with Crippen molar-refractivity contribution in [1.82, 2.24) is 14.9 Å². The molecule has 1 amide bonds. The highest BCUT2D eigenvalue weighted by atomic mass is 35.5. The van der Waals surface area contributed by atoms with E-state index in [1.807, 2.05) is 31.2 Å². The zero-order valence-electron chi connectivity index (χ0n) is 12.9. The Morgan fingerprint density at radius 3 is 2.83 bits per heavy atom. The van der Waals surface area contributed by atoms with E-state index in [1.54, 1.807) is 16.7 Å². The summed E-state index contributed by atoms with van der Waals surface area (Å²) in [7, 11) is 0. The van der Waals surface area contributed by atoms with Crippen LogP contribution in [0.4, 0.5) is 4.79 Å². The number of carbonyl (C=O) groups excluding carboxylic acids is 1. The molecule has 0 aliphatic carbocycles. The molecule has 5 nitrogen and oxygen atoms in total. The number of aromatic nitrogens is 2. The molecule has 0 atom stereocenters. The lowest BCUT2D eigenvalue weighted by molar-refractivity contribution is 0.100. The highest BCUT2D eigenvalue weighted by Gasteiger charge is 2.25. The van der Waals surface area contributed by atoms with E-state index in [0.717, 1.165) is 28.8 Å². The lowest BCUT2D eigenvalue weighted by Crippen LogP contribution is -2.39. The van der Waals surface area contributed by atoms with Crippen molar-refractivity contribution < 1.29 is 9.53 Å². The summed E-state index contributed by atoms with van der Waals surface area (Å²) in [5.41, 5.74) is 0.860. The van der Waals surface area contributed by atoms with Gasteiger partial charge in [0, 0.05) is 23.7 Å². The van der Waals surface area contributed by atoms with Crippen molar-refractivity contribution in [2.24, 2.45) is 0 Å². The van der Waals surface area contributed by atoms with Crippen molar-refractivity contribution in [3.63, 3.8) is 0 Å². The molecule has 0 bridgehead atoms. The average molecular weight is 352 g/mol. The third kappa shape index (κ3) is 3.87. The van der Waals surface area contributed by atoms with Crippen LogP contribution >= 0.6 is 23.4 Å². The minimum absolute atomic E-state index is 0.216. The molecular weight excluding hydrogens is 334 g/mol. The molecule has 0 spiro atoms. The van der Waals surface area contributed by atoms with E-state index in [1.165, 1.54) is 0 Å². The van der Waals surface area contributed by atoms with Crippen LogP contribution in [-0.2, 0) is 4.74 Å². The van der Waals surface area contributed by atoms with Crippen LogP contribution in [-0.4, -0.2) is 45.9 Å². The largest absolute Gasteiger partial charge is 0.450 e. The maximum Gasteiger partial charge on any atom is 0.409 e. The first-order valence-electron chi connectivity index (χ1n) is 7.68. The quantitative estimate of drug-likeness (QED) is 0.618. The average Bonchev–Trinajstić information content (AvgIpc) is 2.55. The molecule has 0 unspecified atom stereocenters. The summed E-state index contributed by atoms with van der Waals surface area (Å²) in [6.45, 7) is 3.67. The van der Waals surface area contributed by atoms with Crippen molar-refractivity contribution in [2.75, 3.05) is 19.7 Å². The molecule has 7 heteroatoms. The SMILES string of the molecule is CCOC(=O)N1CCC(Sc2nc(Cl)nc3ccccc23)CC1. The zero-order chi connectivity index (χ0) is 16.2. The van der Waals surface area contributed by atoms with E-state index < -0.39 is 0 Å². The molecule has 1 aliphatic rings. The molecule has 0 saturated carbocycles. The van der Waals surface area contributed by atoms with Crippen LogP contribution in [0.15, 0.2) is 29.3 Å². The molecule has 1 aliphatic heterocycles. The lowest BCUT2D eigenvalue weighted by Gasteiger charge is -2.30. The van der Waals surface area contributed by atoms with E-state index >= 15 is 0 Å². The number of likely N-dealkylation sites (tertiary alicyclic amines) is 1. The second kappa shape index (κ2) is 7.36. The Balaban J connectivity index is 1.68. The van der Waals surface area contributed by atoms with Crippen LogP contribution in [0.5, 0.6) is 0 Å². The van der Waals surface area contributed by atoms with E-state index in [9.17, 15) is 4.79 Å². The number of benzene rings is 1. The van der Waals surface area contributed by atoms with Gasteiger partial charge in [-0.1, -0.05) is 18.2 Å². The first-order valence-corrected chi connectivity index (χ1v) is 8.93. The molecule has 3 rings (SSSR count). The smallest absolute Gasteiger partial charge is 0.409 e. The first kappa shape index (κ1) is 16.3. The van der Waals surface area contributed by atoms with Crippen LogP contribution < -0.4 is 0 Å². The van der Waals surface area contributed by atoms with Gasteiger partial charge in [-0.3, -0.25) is 0 Å². The Labute approximate surface area is 144 Å². The van der Waals surface area contributed by atoms with Crippen LogP contribution in [0.1, 0.15) is 19.8 Å². The maximum absolute atomic E-state index is 11.7. The number of fused-ring (bicyclic) bond motifs is 1. The molecule has 122 valence electrons. The van der Waals surface area contributed by atoms with Gasteiger partial charge in [0.25, 0.3) is 0 Å². The van der Waals surface area contributed by atoms with Crippen LogP contribution in [0.3, 0.4) is 0 Å². The summed E-state index contributed by atoms with van der Waals surface area (Å²) in [5, 5.41) is 2.62. The fraction of sp³-hybridized carbons (Fsp3) is 0.438. The van der Waals surface area contributed by atoms with E-state index in [4.69, 9.17) is 16.3 Å². The second-order valence-corrected chi connectivity index (χ2v) is 6.95. The molecular formula is C16H18ClN3O2S. The number of nitrogens with zero attached hydrogens (tertiary/aromatic N) is 3. The Morgan fingerprint density at radius 1 is 1.35 bits per heavy atom. The number of piperidine rings is 1. The predicted molar refractivity (Wildman–Crippen MR) is 92.0 cm³/mol. The molecule has 2 heterocycles. The molecule has 1 fully saturated rings. The number of hydrogen-bond donors (Lipinski definition) is 0. The molecule has 2 aromatic rings. The van der Waals surface area contributed by atoms with Gasteiger partial charge < -0.3 is 9.64 Å². The van der Waals surface area contributed by atoms with Gasteiger partial charge in [0.15, 0.2) is 0 Å². The number of carbonyl (C=O) groups is 1. The summed E-state index contributed by atoms with van der Waals surface area (Å²) in [6.07, 6.45) is 1.62. The summed E-state index contributed by atoms with van der Waals surface area (Å²) < 4.78 is 5.05. The minimum atomic E-state index is -0.216. The van der Waals surface area contributed by atoms with Gasteiger partial charge in [-0.15, -0.1) is 11.8 Å². The standard InChI is InChI=1S/C16H18ClN3O2S/c1-2-22-16(21)20-9-7-11(8-10-20)23-14-12-5-3-4-6-13(12)18-15(17)19-14/h3-6,11H,2,7-10H2,1H3. The van der Waals surface area contributed by atoms with E-state index in [2.05, 4.69) is 9.97 Å². The molecule has 1 saturated heterocycles. The highest BCUT2D eigenvalue weighted by molar-refractivity contribution is 8.00. The van der Waals surface area contributed by atoms with E-state index in [0.29, 0.717) is 24.9 Å². The van der Waals surface area contributed by atoms with Gasteiger partial charge in [0.1, 0.15) is 5.03 Å². The normalized spacial score (nSPS) is 15.8. The van der Waals surface area contributed by atoms with Crippen LogP contribution in [0.25, 0.3) is 10.9 Å². The highest BCUT2D eigenvalue weighted by Crippen LogP contribution is 2.34. The third-order valence-corrected chi connectivity index (χ3v) is 5.30. The topological polar surface area (TPSA) is 55.3 Å². The molecule has 1 aromatic heterocycles. The summed E-state index contributed by atoms with van der Waals surface area (Å²) in [6, 6.07) is 7.88. The number of halogens is 1. The predicted octanol–water partition coefficient (Wildman–Crippen LogP) is 4.00. The van der Waals surface area contributed by atoms with Gasteiger partial charge in [-0.25, -0.2) is 14.8 Å². The number of thioether (sulfide) groups is 1. The number of rotatable bonds is 3. The van der Waals surface area contributed by atoms with Crippen molar-refractivity contribution in [2.45, 2.75) is 30.0 Å². The fourth-order valence-corrected chi connectivity index (χ4v) is 4.07. The summed E-state index contributed by atoms with van der Waals surface area (Å²) >= 11 is 7.76. The molecule has 1 aromatic carbocycles. The second-order valence-electron chi connectivity index (χ2n) is 5.32.